The maximum Gasteiger partial charge on any atom is 0.234 e. The molecule has 3 aromatic rings. The fourth-order valence-corrected chi connectivity index (χ4v) is 3.21. The van der Waals surface area contributed by atoms with Crippen LogP contribution < -0.4 is 15.4 Å². The Bertz CT molecular complexity index is 854. The Balaban J connectivity index is 1.50. The highest BCUT2D eigenvalue weighted by Gasteiger charge is 2.15. The first-order valence-electron chi connectivity index (χ1n) is 9.80. The van der Waals surface area contributed by atoms with E-state index >= 15 is 0 Å². The number of pyridine rings is 1. The normalized spacial score (nSPS) is 11.7. The number of nitrogens with one attached hydrogen (secondary N) is 2. The van der Waals surface area contributed by atoms with Crippen LogP contribution in [0.4, 0.5) is 0 Å². The number of para-hydroxylation sites is 1. The molecule has 0 aliphatic heterocycles. The summed E-state index contributed by atoms with van der Waals surface area (Å²) < 4.78 is 5.84. The van der Waals surface area contributed by atoms with E-state index in [9.17, 15) is 4.79 Å². The lowest BCUT2D eigenvalue weighted by Crippen LogP contribution is -2.38. The highest BCUT2D eigenvalue weighted by Crippen LogP contribution is 2.22. The molecular formula is C24H27N3O2. The van der Waals surface area contributed by atoms with Crippen molar-refractivity contribution >= 4 is 5.91 Å². The molecule has 29 heavy (non-hydrogen) atoms. The van der Waals surface area contributed by atoms with Crippen molar-refractivity contribution in [1.29, 1.82) is 0 Å². The molecule has 0 aliphatic rings. The molecule has 0 radical (unpaired) electrons. The standard InChI is InChI=1S/C24H27N3O2/c1-18-9-8-10-19(2)24(18)29-16-15-26-22(28)17-27-23(20-11-4-3-5-12-20)21-13-6-7-14-25-21/h3-14,23,27H,15-17H2,1-2H3,(H,26,28). The minimum Gasteiger partial charge on any atom is -0.491 e. The van der Waals surface area contributed by atoms with Gasteiger partial charge < -0.3 is 10.1 Å². The lowest BCUT2D eigenvalue weighted by Gasteiger charge is -2.19. The Hall–Kier alpha value is -3.18. The SMILES string of the molecule is Cc1cccc(C)c1OCCNC(=O)CNC(c1ccccc1)c1ccccn1. The van der Waals surface area contributed by atoms with Crippen LogP contribution in [0.5, 0.6) is 5.75 Å². The Kier molecular flexibility index (Phi) is 7.36. The number of benzene rings is 2. The molecule has 1 unspecified atom stereocenters. The van der Waals surface area contributed by atoms with Crippen LogP contribution in [0.1, 0.15) is 28.4 Å². The van der Waals surface area contributed by atoms with E-state index in [-0.39, 0.29) is 18.5 Å². The first-order valence-corrected chi connectivity index (χ1v) is 9.80. The number of aromatic nitrogens is 1. The van der Waals surface area contributed by atoms with Crippen molar-refractivity contribution < 1.29 is 9.53 Å². The molecule has 0 saturated heterocycles. The van der Waals surface area contributed by atoms with Gasteiger partial charge in [0.25, 0.3) is 0 Å². The molecule has 1 amide bonds. The molecule has 0 fully saturated rings. The second kappa shape index (κ2) is 10.4. The van der Waals surface area contributed by atoms with E-state index in [1.54, 1.807) is 6.20 Å². The van der Waals surface area contributed by atoms with Gasteiger partial charge >= 0.3 is 0 Å². The maximum atomic E-state index is 12.3. The van der Waals surface area contributed by atoms with Gasteiger partial charge in [-0.3, -0.25) is 15.1 Å². The molecule has 1 atom stereocenters. The van der Waals surface area contributed by atoms with Gasteiger partial charge in [-0.1, -0.05) is 54.6 Å². The lowest BCUT2D eigenvalue weighted by molar-refractivity contribution is -0.120. The number of nitrogens with zero attached hydrogens (tertiary/aromatic N) is 1. The Morgan fingerprint density at radius 2 is 1.69 bits per heavy atom. The molecule has 150 valence electrons. The number of carbonyl (C=O) groups excluding carboxylic acids is 1. The van der Waals surface area contributed by atoms with Gasteiger partial charge in [0.1, 0.15) is 12.4 Å². The van der Waals surface area contributed by atoms with Crippen LogP contribution in [-0.2, 0) is 4.79 Å². The number of ether oxygens (including phenoxy) is 1. The number of hydrogen-bond donors (Lipinski definition) is 2. The minimum absolute atomic E-state index is 0.0769. The Morgan fingerprint density at radius 1 is 0.966 bits per heavy atom. The maximum absolute atomic E-state index is 12.3. The third kappa shape index (κ3) is 5.90. The van der Waals surface area contributed by atoms with E-state index in [0.717, 1.165) is 28.1 Å². The molecule has 0 saturated carbocycles. The third-order valence-electron chi connectivity index (χ3n) is 4.66. The topological polar surface area (TPSA) is 63.2 Å². The summed E-state index contributed by atoms with van der Waals surface area (Å²) in [5.41, 5.74) is 4.14. The quantitative estimate of drug-likeness (QED) is 0.549. The largest absolute Gasteiger partial charge is 0.491 e. The number of aryl methyl sites for hydroxylation is 2. The van der Waals surface area contributed by atoms with Crippen LogP contribution in [0.25, 0.3) is 0 Å². The van der Waals surface area contributed by atoms with E-state index in [2.05, 4.69) is 15.6 Å². The van der Waals surface area contributed by atoms with Crippen molar-refractivity contribution in [2.75, 3.05) is 19.7 Å². The van der Waals surface area contributed by atoms with E-state index in [1.165, 1.54) is 0 Å². The van der Waals surface area contributed by atoms with Gasteiger partial charge in [0, 0.05) is 6.20 Å². The minimum atomic E-state index is -0.144. The summed E-state index contributed by atoms with van der Waals surface area (Å²) in [6.45, 7) is 5.12. The molecule has 1 heterocycles. The van der Waals surface area contributed by atoms with Crippen LogP contribution >= 0.6 is 0 Å². The second-order valence-corrected chi connectivity index (χ2v) is 6.90. The predicted octanol–water partition coefficient (Wildman–Crippen LogP) is 3.57. The van der Waals surface area contributed by atoms with E-state index in [4.69, 9.17) is 4.74 Å². The summed E-state index contributed by atoms with van der Waals surface area (Å²) in [4.78, 5) is 16.8. The van der Waals surface area contributed by atoms with Crippen molar-refractivity contribution in [2.45, 2.75) is 19.9 Å². The van der Waals surface area contributed by atoms with Gasteiger partial charge in [0.15, 0.2) is 0 Å². The van der Waals surface area contributed by atoms with E-state index in [1.807, 2.05) is 80.6 Å². The molecule has 0 spiro atoms. The van der Waals surface area contributed by atoms with Crippen LogP contribution in [0, 0.1) is 13.8 Å². The molecule has 2 aromatic carbocycles. The van der Waals surface area contributed by atoms with Gasteiger partial charge in [0.05, 0.1) is 24.8 Å². The summed E-state index contributed by atoms with van der Waals surface area (Å²) in [5, 5.41) is 6.22. The van der Waals surface area contributed by atoms with Crippen LogP contribution in [0.3, 0.4) is 0 Å². The first-order chi connectivity index (χ1) is 14.1. The lowest BCUT2D eigenvalue weighted by atomic mass is 10.0. The van der Waals surface area contributed by atoms with Crippen molar-refractivity contribution in [3.05, 3.63) is 95.3 Å². The van der Waals surface area contributed by atoms with Crippen molar-refractivity contribution in [2.24, 2.45) is 0 Å². The van der Waals surface area contributed by atoms with Crippen LogP contribution in [-0.4, -0.2) is 30.6 Å². The highest BCUT2D eigenvalue weighted by molar-refractivity contribution is 5.78. The average Bonchev–Trinajstić information content (AvgIpc) is 2.74. The van der Waals surface area contributed by atoms with Gasteiger partial charge in [-0.05, 0) is 42.7 Å². The highest BCUT2D eigenvalue weighted by atomic mass is 16.5. The van der Waals surface area contributed by atoms with Gasteiger partial charge in [-0.2, -0.15) is 0 Å². The molecule has 0 aliphatic carbocycles. The molecule has 5 heteroatoms. The van der Waals surface area contributed by atoms with Crippen molar-refractivity contribution in [3.63, 3.8) is 0 Å². The van der Waals surface area contributed by atoms with E-state index < -0.39 is 0 Å². The van der Waals surface area contributed by atoms with Gasteiger partial charge in [-0.25, -0.2) is 0 Å². The smallest absolute Gasteiger partial charge is 0.234 e. The fraction of sp³-hybridized carbons (Fsp3) is 0.250. The van der Waals surface area contributed by atoms with E-state index in [0.29, 0.717) is 13.2 Å². The average molecular weight is 389 g/mol. The zero-order chi connectivity index (χ0) is 20.5. The number of rotatable bonds is 9. The zero-order valence-electron chi connectivity index (χ0n) is 16.9. The molecule has 1 aromatic heterocycles. The Morgan fingerprint density at radius 3 is 2.38 bits per heavy atom. The van der Waals surface area contributed by atoms with Crippen LogP contribution in [0.2, 0.25) is 0 Å². The van der Waals surface area contributed by atoms with Gasteiger partial charge in [-0.15, -0.1) is 0 Å². The molecule has 5 nitrogen and oxygen atoms in total. The van der Waals surface area contributed by atoms with Gasteiger partial charge in [0.2, 0.25) is 5.91 Å². The monoisotopic (exact) mass is 389 g/mol. The third-order valence-corrected chi connectivity index (χ3v) is 4.66. The summed E-state index contributed by atoms with van der Waals surface area (Å²) >= 11 is 0. The zero-order valence-corrected chi connectivity index (χ0v) is 16.9. The summed E-state index contributed by atoms with van der Waals surface area (Å²) in [6.07, 6.45) is 1.76. The predicted molar refractivity (Wildman–Crippen MR) is 115 cm³/mol. The second-order valence-electron chi connectivity index (χ2n) is 6.90. The van der Waals surface area contributed by atoms with Crippen molar-refractivity contribution in [1.82, 2.24) is 15.6 Å². The molecule has 3 rings (SSSR count). The molecule has 2 N–H and O–H groups in total. The summed E-state index contributed by atoms with van der Waals surface area (Å²) in [5.74, 6) is 0.811. The number of hydrogen-bond acceptors (Lipinski definition) is 4. The van der Waals surface area contributed by atoms with Crippen molar-refractivity contribution in [3.8, 4) is 5.75 Å². The summed E-state index contributed by atoms with van der Waals surface area (Å²) in [7, 11) is 0. The molecular weight excluding hydrogens is 362 g/mol. The number of amides is 1. The fourth-order valence-electron chi connectivity index (χ4n) is 3.21. The first kappa shape index (κ1) is 20.6. The number of carbonyl (C=O) groups is 1. The molecule has 0 bridgehead atoms. The Labute approximate surface area is 172 Å². The van der Waals surface area contributed by atoms with Crippen LogP contribution in [0.15, 0.2) is 72.9 Å². The summed E-state index contributed by atoms with van der Waals surface area (Å²) in [6, 6.07) is 21.7.